The number of hydrogen-bond donors (Lipinski definition) is 3. The van der Waals surface area contributed by atoms with Gasteiger partial charge in [-0.15, -0.1) is 0 Å². The average Bonchev–Trinajstić information content (AvgIpc) is 2.38. The Bertz CT molecular complexity index is 535. The fourth-order valence-electron chi connectivity index (χ4n) is 2.31. The van der Waals surface area contributed by atoms with Crippen molar-refractivity contribution in [1.82, 2.24) is 4.98 Å². The van der Waals surface area contributed by atoms with Gasteiger partial charge >= 0.3 is 6.09 Å². The number of nitrogens with zero attached hydrogens (tertiary/aromatic N) is 1. The lowest BCUT2D eigenvalue weighted by Crippen LogP contribution is -2.56. The molecule has 6 nitrogen and oxygen atoms in total. The first-order chi connectivity index (χ1) is 10.1. The highest BCUT2D eigenvalue weighted by Gasteiger charge is 2.47. The van der Waals surface area contributed by atoms with Crippen molar-refractivity contribution in [2.24, 2.45) is 5.41 Å². The lowest BCUT2D eigenvalue weighted by Gasteiger charge is -2.49. The van der Waals surface area contributed by atoms with Gasteiger partial charge < -0.3 is 15.2 Å². The van der Waals surface area contributed by atoms with Crippen LogP contribution in [0.5, 0.6) is 0 Å². The van der Waals surface area contributed by atoms with Crippen LogP contribution in [0.1, 0.15) is 41.0 Å². The van der Waals surface area contributed by atoms with E-state index >= 15 is 0 Å². The summed E-state index contributed by atoms with van der Waals surface area (Å²) in [5.74, 6) is 0.438. The molecule has 0 aromatic carbocycles. The molecule has 0 radical (unpaired) electrons. The molecule has 1 amide bonds. The van der Waals surface area contributed by atoms with Gasteiger partial charge in [0, 0.05) is 11.5 Å². The third kappa shape index (κ3) is 3.88. The molecule has 1 aromatic rings. The van der Waals surface area contributed by atoms with Crippen molar-refractivity contribution in [3.8, 4) is 0 Å². The minimum Gasteiger partial charge on any atom is -0.444 e. The Morgan fingerprint density at radius 3 is 2.55 bits per heavy atom. The van der Waals surface area contributed by atoms with E-state index in [2.05, 4.69) is 15.6 Å². The molecular weight excluding hydrogens is 282 g/mol. The molecule has 1 saturated carbocycles. The zero-order valence-corrected chi connectivity index (χ0v) is 13.8. The number of amides is 1. The number of carbonyl (C=O) groups excluding carboxylic acids is 1. The highest BCUT2D eigenvalue weighted by atomic mass is 16.6. The lowest BCUT2D eigenvalue weighted by molar-refractivity contribution is -0.0510. The Labute approximate surface area is 131 Å². The topological polar surface area (TPSA) is 83.5 Å². The predicted octanol–water partition coefficient (Wildman–Crippen LogP) is 3.00. The summed E-state index contributed by atoms with van der Waals surface area (Å²) in [4.78, 5) is 15.8. The normalized spacial score (nSPS) is 23.4. The molecular formula is C16H25N3O3. The monoisotopic (exact) mass is 307 g/mol. The Balaban J connectivity index is 1.90. The molecule has 3 N–H and O–H groups in total. The molecule has 1 heterocycles. The van der Waals surface area contributed by atoms with E-state index in [9.17, 15) is 9.90 Å². The van der Waals surface area contributed by atoms with Crippen LogP contribution in [0, 0.1) is 5.41 Å². The zero-order chi connectivity index (χ0) is 16.5. The van der Waals surface area contributed by atoms with Crippen molar-refractivity contribution in [2.75, 3.05) is 10.6 Å². The van der Waals surface area contributed by atoms with Crippen LogP contribution in [0.25, 0.3) is 0 Å². The highest BCUT2D eigenvalue weighted by molar-refractivity contribution is 5.83. The number of aliphatic hydroxyl groups excluding tert-OH is 1. The standard InChI is InChI=1S/C16H25N3O3/c1-15(2,3)22-14(21)19-13-7-6-10(9-17-13)18-11-8-12(20)16(11,4)5/h6-7,9,11-12,18,20H,8H2,1-5H3,(H,17,19,21). The van der Waals surface area contributed by atoms with Gasteiger partial charge in [-0.3, -0.25) is 5.32 Å². The van der Waals surface area contributed by atoms with Gasteiger partial charge in [-0.25, -0.2) is 9.78 Å². The van der Waals surface area contributed by atoms with Crippen molar-refractivity contribution in [2.45, 2.75) is 58.8 Å². The van der Waals surface area contributed by atoms with Crippen LogP contribution in [0.2, 0.25) is 0 Å². The van der Waals surface area contributed by atoms with E-state index in [-0.39, 0.29) is 17.6 Å². The molecule has 2 rings (SSSR count). The van der Waals surface area contributed by atoms with Crippen LogP contribution in [0.4, 0.5) is 16.3 Å². The fraction of sp³-hybridized carbons (Fsp3) is 0.625. The van der Waals surface area contributed by atoms with Gasteiger partial charge in [0.05, 0.1) is 18.0 Å². The van der Waals surface area contributed by atoms with Crippen LogP contribution in [-0.2, 0) is 4.74 Å². The molecule has 22 heavy (non-hydrogen) atoms. The second-order valence-corrected chi connectivity index (χ2v) is 7.33. The van der Waals surface area contributed by atoms with Crippen molar-refractivity contribution < 1.29 is 14.6 Å². The molecule has 0 aliphatic heterocycles. The summed E-state index contributed by atoms with van der Waals surface area (Å²) < 4.78 is 5.17. The Kier molecular flexibility index (Phi) is 4.33. The smallest absolute Gasteiger partial charge is 0.413 e. The summed E-state index contributed by atoms with van der Waals surface area (Å²) in [7, 11) is 0. The van der Waals surface area contributed by atoms with Gasteiger partial charge in [-0.2, -0.15) is 0 Å². The first kappa shape index (κ1) is 16.5. The summed E-state index contributed by atoms with van der Waals surface area (Å²) in [6.45, 7) is 9.49. The zero-order valence-electron chi connectivity index (χ0n) is 13.8. The van der Waals surface area contributed by atoms with E-state index in [0.717, 1.165) is 12.1 Å². The summed E-state index contributed by atoms with van der Waals surface area (Å²) in [6, 6.07) is 3.78. The second kappa shape index (κ2) is 5.76. The summed E-state index contributed by atoms with van der Waals surface area (Å²) in [5.41, 5.74) is 0.176. The van der Waals surface area contributed by atoms with Crippen LogP contribution in [0.15, 0.2) is 18.3 Å². The SMILES string of the molecule is CC(C)(C)OC(=O)Nc1ccc(NC2CC(O)C2(C)C)cn1. The van der Waals surface area contributed by atoms with Crippen LogP contribution < -0.4 is 10.6 Å². The third-order valence-corrected chi connectivity index (χ3v) is 3.95. The van der Waals surface area contributed by atoms with Crippen LogP contribution in [0.3, 0.4) is 0 Å². The maximum atomic E-state index is 11.7. The number of hydrogen-bond acceptors (Lipinski definition) is 5. The molecule has 1 aliphatic rings. The quantitative estimate of drug-likeness (QED) is 0.799. The average molecular weight is 307 g/mol. The van der Waals surface area contributed by atoms with Crippen molar-refractivity contribution in [3.05, 3.63) is 18.3 Å². The van der Waals surface area contributed by atoms with E-state index in [1.54, 1.807) is 12.3 Å². The van der Waals surface area contributed by atoms with Crippen molar-refractivity contribution in [3.63, 3.8) is 0 Å². The first-order valence-corrected chi connectivity index (χ1v) is 7.48. The number of anilines is 2. The lowest BCUT2D eigenvalue weighted by atomic mass is 9.64. The molecule has 0 bridgehead atoms. The summed E-state index contributed by atoms with van der Waals surface area (Å²) >= 11 is 0. The van der Waals surface area contributed by atoms with E-state index < -0.39 is 11.7 Å². The number of pyridine rings is 1. The molecule has 1 aliphatic carbocycles. The van der Waals surface area contributed by atoms with E-state index in [1.165, 1.54) is 0 Å². The highest BCUT2D eigenvalue weighted by Crippen LogP contribution is 2.42. The minimum absolute atomic E-state index is 0.145. The molecule has 2 atom stereocenters. The van der Waals surface area contributed by atoms with Gasteiger partial charge in [0.2, 0.25) is 0 Å². The molecule has 6 heteroatoms. The molecule has 2 unspecified atom stereocenters. The first-order valence-electron chi connectivity index (χ1n) is 7.48. The van der Waals surface area contributed by atoms with Crippen molar-refractivity contribution >= 4 is 17.6 Å². The Hall–Kier alpha value is -1.82. The molecule has 1 fully saturated rings. The van der Waals surface area contributed by atoms with Crippen LogP contribution >= 0.6 is 0 Å². The van der Waals surface area contributed by atoms with E-state index in [4.69, 9.17) is 4.74 Å². The summed E-state index contributed by atoms with van der Waals surface area (Å²) in [5, 5.41) is 15.7. The molecule has 0 spiro atoms. The van der Waals surface area contributed by atoms with Gasteiger partial charge in [0.25, 0.3) is 0 Å². The predicted molar refractivity (Wildman–Crippen MR) is 85.9 cm³/mol. The molecule has 122 valence electrons. The summed E-state index contributed by atoms with van der Waals surface area (Å²) in [6.07, 6.45) is 1.59. The Morgan fingerprint density at radius 2 is 2.09 bits per heavy atom. The van der Waals surface area contributed by atoms with E-state index in [1.807, 2.05) is 40.7 Å². The largest absolute Gasteiger partial charge is 0.444 e. The number of aromatic nitrogens is 1. The third-order valence-electron chi connectivity index (χ3n) is 3.95. The Morgan fingerprint density at radius 1 is 1.41 bits per heavy atom. The van der Waals surface area contributed by atoms with Crippen LogP contribution in [-0.4, -0.2) is 33.9 Å². The van der Waals surface area contributed by atoms with Gasteiger partial charge in [-0.1, -0.05) is 13.8 Å². The van der Waals surface area contributed by atoms with Gasteiger partial charge in [0.15, 0.2) is 0 Å². The fourth-order valence-corrected chi connectivity index (χ4v) is 2.31. The van der Waals surface area contributed by atoms with Gasteiger partial charge in [0.1, 0.15) is 11.4 Å². The second-order valence-electron chi connectivity index (χ2n) is 7.33. The number of carbonyl (C=O) groups is 1. The van der Waals surface area contributed by atoms with Crippen molar-refractivity contribution in [1.29, 1.82) is 0 Å². The number of ether oxygens (including phenoxy) is 1. The number of nitrogens with one attached hydrogen (secondary N) is 2. The maximum absolute atomic E-state index is 11.7. The van der Waals surface area contributed by atoms with Gasteiger partial charge in [-0.05, 0) is 39.3 Å². The number of aliphatic hydroxyl groups is 1. The number of rotatable bonds is 3. The molecule has 0 saturated heterocycles. The molecule has 1 aromatic heterocycles. The van der Waals surface area contributed by atoms with E-state index in [0.29, 0.717) is 5.82 Å². The minimum atomic E-state index is -0.539. The maximum Gasteiger partial charge on any atom is 0.413 e.